The van der Waals surface area contributed by atoms with Gasteiger partial charge in [0.15, 0.2) is 0 Å². The topological polar surface area (TPSA) is 66.8 Å². The van der Waals surface area contributed by atoms with Crippen molar-refractivity contribution in [3.8, 4) is 0 Å². The van der Waals surface area contributed by atoms with E-state index in [2.05, 4.69) is 0 Å². The Bertz CT molecular complexity index is 600. The number of nitrogens with zero attached hydrogens (tertiary/aromatic N) is 1. The molecule has 0 saturated carbocycles. The Hall–Kier alpha value is -1.95. The Morgan fingerprint density at radius 2 is 1.78 bits per heavy atom. The zero-order valence-corrected chi connectivity index (χ0v) is 12.8. The largest absolute Gasteiger partial charge is 0.479 e. The highest BCUT2D eigenvalue weighted by molar-refractivity contribution is 5.90. The molecule has 1 unspecified atom stereocenters. The molecule has 1 amide bonds. The standard InChI is InChI=1S/C17H20FNO4/c18-17(15(21)22)6-9-19(12-17)14(20)16(7-10-23-11-8-16)13-4-2-1-3-5-13/h1-5H,6-12H2,(H,21,22). The summed E-state index contributed by atoms with van der Waals surface area (Å²) >= 11 is 0. The van der Waals surface area contributed by atoms with E-state index < -0.39 is 17.1 Å². The van der Waals surface area contributed by atoms with Crippen LogP contribution in [0.3, 0.4) is 0 Å². The van der Waals surface area contributed by atoms with Crippen LogP contribution in [0, 0.1) is 0 Å². The number of hydrogen-bond acceptors (Lipinski definition) is 3. The average Bonchev–Trinajstić information content (AvgIpc) is 2.99. The quantitative estimate of drug-likeness (QED) is 0.921. The van der Waals surface area contributed by atoms with Crippen LogP contribution in [-0.4, -0.2) is 53.9 Å². The Labute approximate surface area is 134 Å². The van der Waals surface area contributed by atoms with Crippen molar-refractivity contribution in [3.05, 3.63) is 35.9 Å². The summed E-state index contributed by atoms with van der Waals surface area (Å²) in [7, 11) is 0. The highest BCUT2D eigenvalue weighted by Crippen LogP contribution is 2.39. The predicted octanol–water partition coefficient (Wildman–Crippen LogP) is 1.76. The van der Waals surface area contributed by atoms with Gasteiger partial charge in [-0.1, -0.05) is 30.3 Å². The number of likely N-dealkylation sites (tertiary alicyclic amines) is 1. The molecule has 6 heteroatoms. The van der Waals surface area contributed by atoms with Crippen molar-refractivity contribution < 1.29 is 23.8 Å². The van der Waals surface area contributed by atoms with Gasteiger partial charge >= 0.3 is 5.97 Å². The van der Waals surface area contributed by atoms with Crippen LogP contribution in [0.2, 0.25) is 0 Å². The molecule has 2 fully saturated rings. The minimum Gasteiger partial charge on any atom is -0.479 e. The third-order valence-corrected chi connectivity index (χ3v) is 4.97. The lowest BCUT2D eigenvalue weighted by atomic mass is 9.73. The lowest BCUT2D eigenvalue weighted by molar-refractivity contribution is -0.151. The zero-order valence-electron chi connectivity index (χ0n) is 12.8. The first-order valence-electron chi connectivity index (χ1n) is 7.83. The summed E-state index contributed by atoms with van der Waals surface area (Å²) in [6, 6.07) is 9.44. The summed E-state index contributed by atoms with van der Waals surface area (Å²) in [6.07, 6.45) is 0.896. The first-order chi connectivity index (χ1) is 11.0. The number of benzene rings is 1. The molecule has 0 bridgehead atoms. The van der Waals surface area contributed by atoms with Crippen molar-refractivity contribution in [1.29, 1.82) is 0 Å². The van der Waals surface area contributed by atoms with Crippen molar-refractivity contribution in [2.45, 2.75) is 30.3 Å². The number of amides is 1. The number of halogens is 1. The van der Waals surface area contributed by atoms with Gasteiger partial charge in [0.1, 0.15) is 0 Å². The van der Waals surface area contributed by atoms with Gasteiger partial charge in [0.2, 0.25) is 11.6 Å². The molecular formula is C17H20FNO4. The molecule has 23 heavy (non-hydrogen) atoms. The fourth-order valence-corrected chi connectivity index (χ4v) is 3.53. The third kappa shape index (κ3) is 2.72. The molecule has 2 saturated heterocycles. The third-order valence-electron chi connectivity index (χ3n) is 4.97. The normalized spacial score (nSPS) is 26.9. The van der Waals surface area contributed by atoms with Gasteiger partial charge in [-0.15, -0.1) is 0 Å². The van der Waals surface area contributed by atoms with Gasteiger partial charge in [-0.05, 0) is 18.4 Å². The van der Waals surface area contributed by atoms with Crippen molar-refractivity contribution >= 4 is 11.9 Å². The Balaban J connectivity index is 1.89. The number of carbonyl (C=O) groups excluding carboxylic acids is 1. The molecule has 2 aliphatic heterocycles. The van der Waals surface area contributed by atoms with Crippen LogP contribution in [0.1, 0.15) is 24.8 Å². The molecule has 0 aliphatic carbocycles. The van der Waals surface area contributed by atoms with E-state index in [4.69, 9.17) is 9.84 Å². The average molecular weight is 321 g/mol. The molecule has 1 atom stereocenters. The van der Waals surface area contributed by atoms with E-state index in [9.17, 15) is 14.0 Å². The van der Waals surface area contributed by atoms with Crippen molar-refractivity contribution in [3.63, 3.8) is 0 Å². The smallest absolute Gasteiger partial charge is 0.343 e. The molecule has 1 N–H and O–H groups in total. The molecule has 5 nitrogen and oxygen atoms in total. The maximum absolute atomic E-state index is 14.3. The second kappa shape index (κ2) is 5.92. The van der Waals surface area contributed by atoms with Gasteiger partial charge in [-0.2, -0.15) is 0 Å². The SMILES string of the molecule is O=C(O)C1(F)CCN(C(=O)C2(c3ccccc3)CCOCC2)C1. The van der Waals surface area contributed by atoms with Crippen LogP contribution in [0.5, 0.6) is 0 Å². The molecule has 1 aromatic carbocycles. The Morgan fingerprint density at radius 3 is 2.35 bits per heavy atom. The first kappa shape index (κ1) is 15.9. The molecule has 2 aliphatic rings. The summed E-state index contributed by atoms with van der Waals surface area (Å²) in [5.74, 6) is -1.68. The van der Waals surface area contributed by atoms with E-state index in [1.807, 2.05) is 30.3 Å². The van der Waals surface area contributed by atoms with Gasteiger partial charge in [0.05, 0.1) is 12.0 Å². The molecule has 124 valence electrons. The number of alkyl halides is 1. The first-order valence-corrected chi connectivity index (χ1v) is 7.83. The Kier molecular flexibility index (Phi) is 4.10. The second-order valence-corrected chi connectivity index (χ2v) is 6.31. The Morgan fingerprint density at radius 1 is 1.13 bits per heavy atom. The monoisotopic (exact) mass is 321 g/mol. The molecule has 3 rings (SSSR count). The van der Waals surface area contributed by atoms with Gasteiger partial charge < -0.3 is 14.7 Å². The molecule has 0 spiro atoms. The highest BCUT2D eigenvalue weighted by atomic mass is 19.1. The van der Waals surface area contributed by atoms with E-state index in [1.54, 1.807) is 0 Å². The molecule has 0 aromatic heterocycles. The molecule has 0 radical (unpaired) electrons. The van der Waals surface area contributed by atoms with E-state index >= 15 is 0 Å². The minimum atomic E-state index is -2.33. The van der Waals surface area contributed by atoms with E-state index in [0.717, 1.165) is 5.56 Å². The number of carboxylic acids is 1. The van der Waals surface area contributed by atoms with E-state index in [0.29, 0.717) is 26.1 Å². The van der Waals surface area contributed by atoms with Crippen LogP contribution < -0.4 is 0 Å². The van der Waals surface area contributed by atoms with Crippen molar-refractivity contribution in [2.75, 3.05) is 26.3 Å². The summed E-state index contributed by atoms with van der Waals surface area (Å²) in [4.78, 5) is 25.6. The van der Waals surface area contributed by atoms with E-state index in [1.165, 1.54) is 4.90 Å². The number of carbonyl (C=O) groups is 2. The van der Waals surface area contributed by atoms with Crippen LogP contribution in [0.15, 0.2) is 30.3 Å². The maximum atomic E-state index is 14.3. The number of hydrogen-bond donors (Lipinski definition) is 1. The summed E-state index contributed by atoms with van der Waals surface area (Å²) < 4.78 is 19.7. The zero-order chi connectivity index (χ0) is 16.5. The summed E-state index contributed by atoms with van der Waals surface area (Å²) in [5.41, 5.74) is -2.19. The predicted molar refractivity (Wildman–Crippen MR) is 80.8 cm³/mol. The fourth-order valence-electron chi connectivity index (χ4n) is 3.53. The van der Waals surface area contributed by atoms with Crippen LogP contribution in [0.4, 0.5) is 4.39 Å². The fraction of sp³-hybridized carbons (Fsp3) is 0.529. The highest BCUT2D eigenvalue weighted by Gasteiger charge is 2.51. The van der Waals surface area contributed by atoms with Gasteiger partial charge in [-0.25, -0.2) is 9.18 Å². The second-order valence-electron chi connectivity index (χ2n) is 6.31. The number of aliphatic carboxylic acids is 1. The van der Waals surface area contributed by atoms with Crippen molar-refractivity contribution in [1.82, 2.24) is 4.90 Å². The van der Waals surface area contributed by atoms with Crippen LogP contribution >= 0.6 is 0 Å². The van der Waals surface area contributed by atoms with Crippen LogP contribution in [-0.2, 0) is 19.7 Å². The van der Waals surface area contributed by atoms with Crippen molar-refractivity contribution in [2.24, 2.45) is 0 Å². The summed E-state index contributed by atoms with van der Waals surface area (Å²) in [5, 5.41) is 9.03. The van der Waals surface area contributed by atoms with Gasteiger partial charge in [-0.3, -0.25) is 4.79 Å². The lowest BCUT2D eigenvalue weighted by Gasteiger charge is -2.39. The molecular weight excluding hydrogens is 301 g/mol. The molecule has 2 heterocycles. The molecule has 1 aromatic rings. The van der Waals surface area contributed by atoms with Crippen LogP contribution in [0.25, 0.3) is 0 Å². The van der Waals surface area contributed by atoms with Gasteiger partial charge in [0, 0.05) is 26.2 Å². The number of rotatable bonds is 3. The summed E-state index contributed by atoms with van der Waals surface area (Å²) in [6.45, 7) is 0.691. The van der Waals surface area contributed by atoms with E-state index in [-0.39, 0.29) is 25.4 Å². The lowest BCUT2D eigenvalue weighted by Crippen LogP contribution is -2.50. The van der Waals surface area contributed by atoms with Gasteiger partial charge in [0.25, 0.3) is 0 Å². The minimum absolute atomic E-state index is 0.136. The maximum Gasteiger partial charge on any atom is 0.343 e. The number of carboxylic acid groups (broad SMARTS) is 1. The number of ether oxygens (including phenoxy) is 1.